The zero-order valence-electron chi connectivity index (χ0n) is 18.2. The van der Waals surface area contributed by atoms with Gasteiger partial charge in [0.2, 0.25) is 0 Å². The summed E-state index contributed by atoms with van der Waals surface area (Å²) < 4.78 is 1.72. The molecule has 2 aromatic heterocycles. The van der Waals surface area contributed by atoms with Crippen molar-refractivity contribution in [3.8, 4) is 17.1 Å². The molecule has 0 aliphatic heterocycles. The van der Waals surface area contributed by atoms with Gasteiger partial charge < -0.3 is 0 Å². The van der Waals surface area contributed by atoms with Crippen molar-refractivity contribution < 1.29 is 9.85 Å². The maximum Gasteiger partial charge on any atom is 0.277 e. The van der Waals surface area contributed by atoms with Gasteiger partial charge in [0.1, 0.15) is 5.82 Å². The van der Waals surface area contributed by atoms with E-state index < -0.39 is 21.2 Å². The Labute approximate surface area is 192 Å². The van der Waals surface area contributed by atoms with Gasteiger partial charge in [-0.3, -0.25) is 24.8 Å². The van der Waals surface area contributed by atoms with Gasteiger partial charge in [-0.2, -0.15) is 0 Å². The number of aromatic nitrogens is 4. The highest BCUT2D eigenvalue weighted by Gasteiger charge is 2.23. The summed E-state index contributed by atoms with van der Waals surface area (Å²) in [5.41, 5.74) is 3.34. The first-order valence-corrected chi connectivity index (χ1v) is 10.5. The van der Waals surface area contributed by atoms with Gasteiger partial charge in [-0.25, -0.2) is 15.0 Å². The number of nitro groups is 2. The highest BCUT2D eigenvalue weighted by molar-refractivity contribution is 5.86. The van der Waals surface area contributed by atoms with Crippen molar-refractivity contribution in [2.24, 2.45) is 0 Å². The lowest BCUT2D eigenvalue weighted by Gasteiger charge is -2.11. The van der Waals surface area contributed by atoms with Crippen molar-refractivity contribution in [3.63, 3.8) is 0 Å². The monoisotopic (exact) mass is 454 g/mol. The maximum atomic E-state index is 11.5. The molecule has 0 aliphatic rings. The molecular formula is C24H18N6O4. The van der Waals surface area contributed by atoms with Crippen LogP contribution in [0.5, 0.6) is 0 Å². The topological polar surface area (TPSA) is 130 Å². The van der Waals surface area contributed by atoms with Crippen LogP contribution in [0.4, 0.5) is 11.4 Å². The smallest absolute Gasteiger partial charge is 0.275 e. The standard InChI is InChI=1S/C24H18N6O4/c1-14(2)15-7-9-17(10-8-15)28-23(16-11-18(29(31)32)13-19(12-16)30(33)34)27-22-24(28)26-21-6-4-3-5-20(21)25-22/h3-14H,1-2H3. The first-order valence-electron chi connectivity index (χ1n) is 10.5. The summed E-state index contributed by atoms with van der Waals surface area (Å²) in [4.78, 5) is 35.6. The molecule has 0 atom stereocenters. The number of hydrogen-bond donors (Lipinski definition) is 0. The van der Waals surface area contributed by atoms with Crippen LogP contribution in [0.25, 0.3) is 39.4 Å². The van der Waals surface area contributed by atoms with Crippen molar-refractivity contribution in [2.75, 3.05) is 0 Å². The van der Waals surface area contributed by atoms with Gasteiger partial charge in [-0.1, -0.05) is 38.1 Å². The summed E-state index contributed by atoms with van der Waals surface area (Å²) in [7, 11) is 0. The van der Waals surface area contributed by atoms with Crippen molar-refractivity contribution in [1.82, 2.24) is 19.5 Å². The Hall–Kier alpha value is -4.73. The highest BCUT2D eigenvalue weighted by Crippen LogP contribution is 2.33. The molecule has 0 aliphatic carbocycles. The van der Waals surface area contributed by atoms with Gasteiger partial charge in [0.15, 0.2) is 11.3 Å². The zero-order valence-corrected chi connectivity index (χ0v) is 18.2. The van der Waals surface area contributed by atoms with Crippen LogP contribution in [0.1, 0.15) is 25.3 Å². The fourth-order valence-electron chi connectivity index (χ4n) is 3.84. The van der Waals surface area contributed by atoms with Gasteiger partial charge >= 0.3 is 0 Å². The van der Waals surface area contributed by atoms with E-state index in [1.165, 1.54) is 12.1 Å². The molecule has 0 N–H and O–H groups in total. The van der Waals surface area contributed by atoms with E-state index in [0.29, 0.717) is 33.9 Å². The Morgan fingerprint density at radius 3 is 1.94 bits per heavy atom. The van der Waals surface area contributed by atoms with Gasteiger partial charge in [0, 0.05) is 23.4 Å². The Bertz CT molecular complexity index is 1560. The first kappa shape index (κ1) is 21.1. The molecule has 168 valence electrons. The van der Waals surface area contributed by atoms with Crippen molar-refractivity contribution in [1.29, 1.82) is 0 Å². The number of non-ortho nitro benzene ring substituents is 2. The minimum absolute atomic E-state index is 0.220. The molecule has 0 spiro atoms. The van der Waals surface area contributed by atoms with Crippen molar-refractivity contribution >= 4 is 33.7 Å². The molecule has 0 unspecified atom stereocenters. The largest absolute Gasteiger partial charge is 0.277 e. The summed E-state index contributed by atoms with van der Waals surface area (Å²) in [5.74, 6) is 0.602. The summed E-state index contributed by atoms with van der Waals surface area (Å²) in [6.45, 7) is 4.18. The molecule has 3 aromatic carbocycles. The Kier molecular flexibility index (Phi) is 4.97. The molecule has 0 saturated heterocycles. The fourth-order valence-corrected chi connectivity index (χ4v) is 3.84. The van der Waals surface area contributed by atoms with Crippen LogP contribution < -0.4 is 0 Å². The number of rotatable bonds is 5. The molecule has 0 bridgehead atoms. The van der Waals surface area contributed by atoms with Crippen LogP contribution in [0.15, 0.2) is 66.7 Å². The van der Waals surface area contributed by atoms with E-state index in [-0.39, 0.29) is 11.4 Å². The van der Waals surface area contributed by atoms with Gasteiger partial charge in [-0.05, 0) is 35.7 Å². The van der Waals surface area contributed by atoms with E-state index in [1.54, 1.807) is 4.57 Å². The van der Waals surface area contributed by atoms with E-state index in [1.807, 2.05) is 48.5 Å². The SMILES string of the molecule is CC(C)c1ccc(-n2c(-c3cc([N+](=O)[O-])cc([N+](=O)[O-])c3)nc3nc4ccccc4nc32)cc1. The maximum absolute atomic E-state index is 11.5. The van der Waals surface area contributed by atoms with Crippen LogP contribution >= 0.6 is 0 Å². The lowest BCUT2D eigenvalue weighted by molar-refractivity contribution is -0.394. The van der Waals surface area contributed by atoms with E-state index in [4.69, 9.17) is 4.98 Å². The van der Waals surface area contributed by atoms with Gasteiger partial charge in [0.25, 0.3) is 11.4 Å². The molecule has 10 heteroatoms. The fraction of sp³-hybridized carbons (Fsp3) is 0.125. The third-order valence-electron chi connectivity index (χ3n) is 5.57. The summed E-state index contributed by atoms with van der Waals surface area (Å²) in [6.07, 6.45) is 0. The second-order valence-electron chi connectivity index (χ2n) is 8.13. The highest BCUT2D eigenvalue weighted by atomic mass is 16.6. The molecule has 5 aromatic rings. The molecule has 10 nitrogen and oxygen atoms in total. The Morgan fingerprint density at radius 2 is 1.38 bits per heavy atom. The summed E-state index contributed by atoms with van der Waals surface area (Å²) >= 11 is 0. The quantitative estimate of drug-likeness (QED) is 0.250. The number of imidazole rings is 1. The Morgan fingerprint density at radius 1 is 0.794 bits per heavy atom. The molecular weight excluding hydrogens is 436 g/mol. The molecule has 34 heavy (non-hydrogen) atoms. The molecule has 5 rings (SSSR count). The third kappa shape index (κ3) is 3.60. The molecule has 0 amide bonds. The van der Waals surface area contributed by atoms with E-state index in [2.05, 4.69) is 23.8 Å². The first-order chi connectivity index (χ1) is 16.3. The van der Waals surface area contributed by atoms with Crippen LogP contribution in [0, 0.1) is 20.2 Å². The zero-order chi connectivity index (χ0) is 24.0. The lowest BCUT2D eigenvalue weighted by Crippen LogP contribution is -2.01. The second kappa shape index (κ2) is 8.00. The third-order valence-corrected chi connectivity index (χ3v) is 5.57. The number of hydrogen-bond acceptors (Lipinski definition) is 7. The van der Waals surface area contributed by atoms with E-state index in [9.17, 15) is 20.2 Å². The van der Waals surface area contributed by atoms with Crippen molar-refractivity contribution in [2.45, 2.75) is 19.8 Å². The number of nitrogens with zero attached hydrogens (tertiary/aromatic N) is 6. The van der Waals surface area contributed by atoms with E-state index in [0.717, 1.165) is 11.6 Å². The van der Waals surface area contributed by atoms with Crippen molar-refractivity contribution in [3.05, 3.63) is 92.5 Å². The van der Waals surface area contributed by atoms with Crippen LogP contribution in [0.2, 0.25) is 0 Å². The van der Waals surface area contributed by atoms with Gasteiger partial charge in [-0.15, -0.1) is 0 Å². The number of para-hydroxylation sites is 2. The average molecular weight is 454 g/mol. The second-order valence-corrected chi connectivity index (χ2v) is 8.13. The summed E-state index contributed by atoms with van der Waals surface area (Å²) in [5, 5.41) is 23.0. The molecule has 2 heterocycles. The average Bonchev–Trinajstić information content (AvgIpc) is 3.20. The molecule has 0 fully saturated rings. The number of fused-ring (bicyclic) bond motifs is 2. The van der Waals surface area contributed by atoms with Crippen LogP contribution in [-0.2, 0) is 0 Å². The summed E-state index contributed by atoms with van der Waals surface area (Å²) in [6, 6.07) is 18.6. The van der Waals surface area contributed by atoms with Crippen LogP contribution in [0.3, 0.4) is 0 Å². The van der Waals surface area contributed by atoms with Crippen LogP contribution in [-0.4, -0.2) is 29.4 Å². The minimum Gasteiger partial charge on any atom is -0.275 e. The number of nitro benzene ring substituents is 2. The molecule has 0 saturated carbocycles. The Balaban J connectivity index is 1.84. The minimum atomic E-state index is -0.661. The molecule has 0 radical (unpaired) electrons. The van der Waals surface area contributed by atoms with E-state index >= 15 is 0 Å². The predicted octanol–water partition coefficient (Wildman–Crippen LogP) is 5.58. The normalized spacial score (nSPS) is 11.4. The predicted molar refractivity (Wildman–Crippen MR) is 127 cm³/mol. The van der Waals surface area contributed by atoms with Gasteiger partial charge in [0.05, 0.1) is 26.9 Å². The lowest BCUT2D eigenvalue weighted by atomic mass is 10.0. The number of benzene rings is 3.